The number of hydrogen-bond donors (Lipinski definition) is 2. The number of nitrogens with two attached hydrogens (primary N) is 1. The molecule has 0 heterocycles. The fourth-order valence-corrected chi connectivity index (χ4v) is 1.44. The number of methoxy groups -OCH3 is 1. The number of nitrogens with one attached hydrogen (secondary N) is 1. The summed E-state index contributed by atoms with van der Waals surface area (Å²) in [6.45, 7) is 2.55. The highest BCUT2D eigenvalue weighted by atomic mass is 32.2. The largest absolute Gasteiger partial charge is 0.370 e. The normalized spacial score (nSPS) is 16.8. The highest BCUT2D eigenvalue weighted by molar-refractivity contribution is 7.84. The summed E-state index contributed by atoms with van der Waals surface area (Å²) in [5.74, 6) is -0.214. The fourth-order valence-electron chi connectivity index (χ4n) is 0.989. The fraction of sp³-hybridized carbons (Fsp3) is 0.889. The first kappa shape index (κ1) is 14.5. The van der Waals surface area contributed by atoms with Crippen molar-refractivity contribution in [2.24, 2.45) is 5.73 Å². The maximum absolute atomic E-state index is 11.4. The Balaban J connectivity index is 3.76. The molecular formula is C9H20N2O3S. The summed E-state index contributed by atoms with van der Waals surface area (Å²) >= 11 is 0. The maximum atomic E-state index is 11.4. The van der Waals surface area contributed by atoms with Gasteiger partial charge in [0.05, 0.1) is 0 Å². The van der Waals surface area contributed by atoms with E-state index in [0.29, 0.717) is 13.0 Å². The van der Waals surface area contributed by atoms with E-state index in [4.69, 9.17) is 10.5 Å². The summed E-state index contributed by atoms with van der Waals surface area (Å²) in [6.07, 6.45) is 1.76. The molecule has 0 aromatic heterocycles. The van der Waals surface area contributed by atoms with Crippen molar-refractivity contribution in [1.82, 2.24) is 5.32 Å². The minimum absolute atomic E-state index is 0.0872. The molecule has 3 N–H and O–H groups in total. The highest BCUT2D eigenvalue weighted by Crippen LogP contribution is 1.97. The number of rotatable bonds is 7. The average Bonchev–Trinajstić information content (AvgIpc) is 2.19. The van der Waals surface area contributed by atoms with Crippen LogP contribution < -0.4 is 11.1 Å². The molecule has 0 aromatic carbocycles. The molecule has 0 spiro atoms. The smallest absolute Gasteiger partial charge is 0.250 e. The monoisotopic (exact) mass is 236 g/mol. The molecule has 6 heteroatoms. The first-order valence-electron chi connectivity index (χ1n) is 4.85. The van der Waals surface area contributed by atoms with Crippen LogP contribution in [0.2, 0.25) is 0 Å². The molecule has 5 nitrogen and oxygen atoms in total. The van der Waals surface area contributed by atoms with Crippen molar-refractivity contribution in [2.45, 2.75) is 24.7 Å². The van der Waals surface area contributed by atoms with Gasteiger partial charge in [0, 0.05) is 42.5 Å². The number of hydrogen-bond acceptors (Lipinski definition) is 4. The number of ether oxygens (including phenoxy) is 1. The predicted molar refractivity (Wildman–Crippen MR) is 61.0 cm³/mol. The predicted octanol–water partition coefficient (Wildman–Crippen LogP) is -0.767. The molecule has 0 aliphatic heterocycles. The summed E-state index contributed by atoms with van der Waals surface area (Å²) in [4.78, 5) is 11.4. The minimum atomic E-state index is -0.847. The third-order valence-corrected chi connectivity index (χ3v) is 3.58. The molecule has 0 aromatic rings. The third kappa shape index (κ3) is 5.86. The Labute approximate surface area is 93.2 Å². The van der Waals surface area contributed by atoms with Crippen LogP contribution in [0.5, 0.6) is 0 Å². The van der Waals surface area contributed by atoms with E-state index >= 15 is 0 Å². The SMILES string of the molecule is COC(CN)C(=O)NCCC(C)S(C)=O. The molecule has 3 atom stereocenters. The van der Waals surface area contributed by atoms with Gasteiger partial charge >= 0.3 is 0 Å². The Bertz CT molecular complexity index is 219. The lowest BCUT2D eigenvalue weighted by molar-refractivity contribution is -0.130. The Morgan fingerprint density at radius 1 is 1.60 bits per heavy atom. The third-order valence-electron chi connectivity index (χ3n) is 2.21. The van der Waals surface area contributed by atoms with Crippen LogP contribution in [-0.2, 0) is 20.3 Å². The van der Waals surface area contributed by atoms with Gasteiger partial charge in [-0.1, -0.05) is 6.92 Å². The second-order valence-corrected chi connectivity index (χ2v) is 5.15. The second-order valence-electron chi connectivity index (χ2n) is 3.35. The zero-order chi connectivity index (χ0) is 11.8. The molecule has 0 aliphatic rings. The van der Waals surface area contributed by atoms with Gasteiger partial charge in [-0.2, -0.15) is 0 Å². The van der Waals surface area contributed by atoms with E-state index in [9.17, 15) is 9.00 Å². The standard InChI is InChI=1S/C9H20N2O3S/c1-7(15(3)13)4-5-11-9(12)8(6-10)14-2/h7-8H,4-6,10H2,1-3H3,(H,11,12). The van der Waals surface area contributed by atoms with Crippen molar-refractivity contribution in [3.8, 4) is 0 Å². The van der Waals surface area contributed by atoms with Gasteiger partial charge in [0.1, 0.15) is 6.10 Å². The van der Waals surface area contributed by atoms with Crippen molar-refractivity contribution in [2.75, 3.05) is 26.5 Å². The molecule has 0 saturated carbocycles. The van der Waals surface area contributed by atoms with Gasteiger partial charge in [0.2, 0.25) is 5.91 Å². The molecule has 0 saturated heterocycles. The molecule has 0 fully saturated rings. The Morgan fingerprint density at radius 3 is 2.60 bits per heavy atom. The highest BCUT2D eigenvalue weighted by Gasteiger charge is 2.15. The second kappa shape index (κ2) is 7.78. The zero-order valence-electron chi connectivity index (χ0n) is 9.49. The zero-order valence-corrected chi connectivity index (χ0v) is 10.3. The van der Waals surface area contributed by atoms with Crippen LogP contribution in [0.1, 0.15) is 13.3 Å². The van der Waals surface area contributed by atoms with Crippen LogP contribution >= 0.6 is 0 Å². The van der Waals surface area contributed by atoms with Crippen LogP contribution in [0.25, 0.3) is 0 Å². The Morgan fingerprint density at radius 2 is 2.20 bits per heavy atom. The molecule has 0 rings (SSSR count). The van der Waals surface area contributed by atoms with Crippen LogP contribution in [0.3, 0.4) is 0 Å². The summed E-state index contributed by atoms with van der Waals surface area (Å²) < 4.78 is 15.9. The molecule has 0 aliphatic carbocycles. The van der Waals surface area contributed by atoms with Crippen molar-refractivity contribution in [1.29, 1.82) is 0 Å². The summed E-state index contributed by atoms with van der Waals surface area (Å²) in [5, 5.41) is 2.78. The molecule has 90 valence electrons. The first-order valence-corrected chi connectivity index (χ1v) is 6.47. The van der Waals surface area contributed by atoms with Crippen LogP contribution in [-0.4, -0.2) is 47.9 Å². The molecule has 1 amide bonds. The summed E-state index contributed by atoms with van der Waals surface area (Å²) in [6, 6.07) is 0. The lowest BCUT2D eigenvalue weighted by atomic mass is 10.3. The van der Waals surface area contributed by atoms with E-state index in [-0.39, 0.29) is 17.7 Å². The van der Waals surface area contributed by atoms with E-state index in [2.05, 4.69) is 5.32 Å². The van der Waals surface area contributed by atoms with Crippen molar-refractivity contribution >= 4 is 16.7 Å². The molecule has 0 radical (unpaired) electrons. The van der Waals surface area contributed by atoms with Crippen LogP contribution in [0.4, 0.5) is 0 Å². The Kier molecular flexibility index (Phi) is 7.54. The van der Waals surface area contributed by atoms with Gasteiger partial charge in [-0.25, -0.2) is 0 Å². The Hall–Kier alpha value is -0.460. The van der Waals surface area contributed by atoms with Crippen LogP contribution in [0.15, 0.2) is 0 Å². The molecular weight excluding hydrogens is 216 g/mol. The van der Waals surface area contributed by atoms with E-state index in [1.165, 1.54) is 7.11 Å². The van der Waals surface area contributed by atoms with E-state index in [0.717, 1.165) is 0 Å². The topological polar surface area (TPSA) is 81.4 Å². The lowest BCUT2D eigenvalue weighted by Crippen LogP contribution is -2.41. The molecule has 15 heavy (non-hydrogen) atoms. The van der Waals surface area contributed by atoms with Crippen molar-refractivity contribution in [3.05, 3.63) is 0 Å². The lowest BCUT2D eigenvalue weighted by Gasteiger charge is -2.14. The van der Waals surface area contributed by atoms with Crippen LogP contribution in [0, 0.1) is 0 Å². The minimum Gasteiger partial charge on any atom is -0.370 e. The van der Waals surface area contributed by atoms with E-state index in [1.54, 1.807) is 6.26 Å². The number of carbonyl (C=O) groups is 1. The maximum Gasteiger partial charge on any atom is 0.250 e. The summed E-state index contributed by atoms with van der Waals surface area (Å²) in [7, 11) is 0.599. The molecule has 3 unspecified atom stereocenters. The number of carbonyl (C=O) groups excluding carboxylic acids is 1. The quantitative estimate of drug-likeness (QED) is 0.608. The van der Waals surface area contributed by atoms with E-state index < -0.39 is 16.9 Å². The number of amides is 1. The van der Waals surface area contributed by atoms with Gasteiger partial charge in [-0.15, -0.1) is 0 Å². The van der Waals surface area contributed by atoms with Crippen molar-refractivity contribution < 1.29 is 13.7 Å². The van der Waals surface area contributed by atoms with Crippen molar-refractivity contribution in [3.63, 3.8) is 0 Å². The summed E-state index contributed by atoms with van der Waals surface area (Å²) in [5.41, 5.74) is 5.33. The average molecular weight is 236 g/mol. The van der Waals surface area contributed by atoms with Gasteiger partial charge < -0.3 is 15.8 Å². The van der Waals surface area contributed by atoms with Gasteiger partial charge in [0.15, 0.2) is 0 Å². The first-order chi connectivity index (χ1) is 7.02. The van der Waals surface area contributed by atoms with Gasteiger partial charge in [-0.3, -0.25) is 9.00 Å². The van der Waals surface area contributed by atoms with Gasteiger partial charge in [-0.05, 0) is 6.42 Å². The van der Waals surface area contributed by atoms with E-state index in [1.807, 2.05) is 6.92 Å². The molecule has 0 bridgehead atoms. The van der Waals surface area contributed by atoms with Gasteiger partial charge in [0.25, 0.3) is 0 Å².